The van der Waals surface area contributed by atoms with E-state index in [9.17, 15) is 22.8 Å². The Balaban J connectivity index is 2.54. The van der Waals surface area contributed by atoms with Gasteiger partial charge in [0.2, 0.25) is 15.3 Å². The van der Waals surface area contributed by atoms with Gasteiger partial charge in [0.05, 0.1) is 6.10 Å². The molecule has 5 atom stereocenters. The van der Waals surface area contributed by atoms with E-state index in [0.717, 1.165) is 20.8 Å². The van der Waals surface area contributed by atoms with Gasteiger partial charge in [0.15, 0.2) is 23.3 Å². The van der Waals surface area contributed by atoms with Gasteiger partial charge < -0.3 is 18.9 Å². The quantitative estimate of drug-likeness (QED) is 0.491. The van der Waals surface area contributed by atoms with E-state index in [1.807, 2.05) is 0 Å². The van der Waals surface area contributed by atoms with Crippen molar-refractivity contribution >= 4 is 27.7 Å². The number of rotatable bonds is 5. The van der Waals surface area contributed by atoms with Gasteiger partial charge in [-0.2, -0.15) is 0 Å². The van der Waals surface area contributed by atoms with E-state index >= 15 is 0 Å². The van der Waals surface area contributed by atoms with Crippen molar-refractivity contribution in [3.8, 4) is 0 Å². The molecule has 2 rings (SSSR count). The first-order valence-corrected chi connectivity index (χ1v) is 9.90. The van der Waals surface area contributed by atoms with Crippen molar-refractivity contribution < 1.29 is 41.7 Å². The van der Waals surface area contributed by atoms with Gasteiger partial charge in [0.1, 0.15) is 0 Å². The highest BCUT2D eigenvalue weighted by Gasteiger charge is 2.55. The summed E-state index contributed by atoms with van der Waals surface area (Å²) in [5, 5.41) is -0.308. The van der Waals surface area contributed by atoms with Crippen LogP contribution in [0.15, 0.2) is 29.4 Å². The third-order valence-corrected chi connectivity index (χ3v) is 5.68. The number of aromatic nitrogens is 1. The molecule has 1 saturated heterocycles. The molecular weight excluding hydrogens is 394 g/mol. The Bertz CT molecular complexity index is 839. The van der Waals surface area contributed by atoms with Gasteiger partial charge in [0.25, 0.3) is 0 Å². The molecule has 1 aliphatic rings. The fourth-order valence-corrected chi connectivity index (χ4v) is 4.45. The first-order valence-electron chi connectivity index (χ1n) is 8.36. The van der Waals surface area contributed by atoms with E-state index in [0.29, 0.717) is 0 Å². The van der Waals surface area contributed by atoms with Crippen molar-refractivity contribution in [2.75, 3.05) is 0 Å². The maximum absolute atomic E-state index is 13.1. The fourth-order valence-electron chi connectivity index (χ4n) is 2.85. The van der Waals surface area contributed by atoms with Gasteiger partial charge in [-0.3, -0.25) is 14.4 Å². The van der Waals surface area contributed by atoms with Gasteiger partial charge in [-0.15, -0.1) is 0 Å². The van der Waals surface area contributed by atoms with Gasteiger partial charge in [-0.05, 0) is 19.1 Å². The summed E-state index contributed by atoms with van der Waals surface area (Å²) in [4.78, 5) is 38.5. The van der Waals surface area contributed by atoms with E-state index in [2.05, 4.69) is 4.98 Å². The minimum atomic E-state index is -4.25. The molecule has 1 aromatic rings. The monoisotopic (exact) mass is 415 g/mol. The number of hydrogen-bond donors (Lipinski definition) is 0. The molecule has 0 saturated carbocycles. The van der Waals surface area contributed by atoms with Crippen LogP contribution in [0.4, 0.5) is 0 Å². The molecule has 10 nitrogen and oxygen atoms in total. The molecule has 0 N–H and O–H groups in total. The number of pyridine rings is 1. The Morgan fingerprint density at radius 3 is 1.96 bits per heavy atom. The number of esters is 3. The Morgan fingerprint density at radius 1 is 0.929 bits per heavy atom. The van der Waals surface area contributed by atoms with Gasteiger partial charge in [-0.1, -0.05) is 6.07 Å². The molecule has 1 aromatic heterocycles. The Morgan fingerprint density at radius 2 is 1.46 bits per heavy atom. The summed E-state index contributed by atoms with van der Waals surface area (Å²) in [6.07, 6.45) is -3.85. The summed E-state index contributed by atoms with van der Waals surface area (Å²) in [7, 11) is -4.25. The highest BCUT2D eigenvalue weighted by Crippen LogP contribution is 2.33. The highest BCUT2D eigenvalue weighted by molar-refractivity contribution is 7.91. The number of carbonyl (C=O) groups excluding carboxylic acids is 3. The van der Waals surface area contributed by atoms with Crippen LogP contribution in [0.3, 0.4) is 0 Å². The standard InChI is InChI=1S/C17H21NO9S/c1-9-14(25-10(2)19)15(26-11(3)20)16(27-12(4)21)17(24-9)28(22,23)13-7-5-6-8-18-13/h5-9,14-17H,1-4H3/t9-,14-,15+,16+,17?/m0/s1. The molecule has 2 heterocycles. The zero-order valence-electron chi connectivity index (χ0n) is 15.7. The second-order valence-corrected chi connectivity index (χ2v) is 8.12. The first kappa shape index (κ1) is 21.8. The molecule has 11 heteroatoms. The average Bonchev–Trinajstić information content (AvgIpc) is 2.59. The third kappa shape index (κ3) is 4.84. The largest absolute Gasteiger partial charge is 0.456 e. The van der Waals surface area contributed by atoms with Crippen LogP contribution in [0.25, 0.3) is 0 Å². The van der Waals surface area contributed by atoms with Gasteiger partial charge >= 0.3 is 17.9 Å². The first-order chi connectivity index (χ1) is 13.0. The third-order valence-electron chi connectivity index (χ3n) is 3.87. The zero-order valence-corrected chi connectivity index (χ0v) is 16.5. The van der Waals surface area contributed by atoms with Crippen LogP contribution in [0.2, 0.25) is 0 Å². The summed E-state index contributed by atoms with van der Waals surface area (Å²) >= 11 is 0. The molecular formula is C17H21NO9S. The van der Waals surface area contributed by atoms with E-state index in [1.54, 1.807) is 0 Å². The number of hydrogen-bond acceptors (Lipinski definition) is 10. The Kier molecular flexibility index (Phi) is 6.73. The van der Waals surface area contributed by atoms with Crippen LogP contribution < -0.4 is 0 Å². The van der Waals surface area contributed by atoms with Crippen LogP contribution in [0.1, 0.15) is 27.7 Å². The van der Waals surface area contributed by atoms with Crippen molar-refractivity contribution in [1.82, 2.24) is 4.98 Å². The van der Waals surface area contributed by atoms with E-state index < -0.39 is 57.6 Å². The number of nitrogens with zero attached hydrogens (tertiary/aromatic N) is 1. The number of sulfone groups is 1. The van der Waals surface area contributed by atoms with Crippen LogP contribution in [-0.2, 0) is 43.2 Å². The van der Waals surface area contributed by atoms with Gasteiger partial charge in [-0.25, -0.2) is 13.4 Å². The Hall–Kier alpha value is -2.53. The SMILES string of the molecule is CC(=O)O[C@@H]1[C@@H](OC(C)=O)[C@@H](OC(C)=O)C(S(=O)(=O)c2ccccn2)O[C@H]1C. The summed E-state index contributed by atoms with van der Waals surface area (Å²) < 4.78 is 47.2. The molecule has 0 aliphatic carbocycles. The zero-order chi connectivity index (χ0) is 21.1. The predicted octanol–water partition coefficient (Wildman–Crippen LogP) is 0.395. The smallest absolute Gasteiger partial charge is 0.303 e. The number of carbonyl (C=O) groups is 3. The average molecular weight is 415 g/mol. The molecule has 0 amide bonds. The van der Waals surface area contributed by atoms with Crippen LogP contribution in [0, 0.1) is 0 Å². The van der Waals surface area contributed by atoms with Crippen molar-refractivity contribution in [2.45, 2.75) is 62.6 Å². The molecule has 0 bridgehead atoms. The van der Waals surface area contributed by atoms with Crippen LogP contribution in [0.5, 0.6) is 0 Å². The molecule has 0 aromatic carbocycles. The summed E-state index contributed by atoms with van der Waals surface area (Å²) in [6.45, 7) is 4.75. The van der Waals surface area contributed by atoms with Crippen LogP contribution in [-0.4, -0.2) is 61.2 Å². The normalized spacial score (nSPS) is 27.5. The maximum atomic E-state index is 13.1. The molecule has 1 fully saturated rings. The molecule has 0 radical (unpaired) electrons. The minimum absolute atomic E-state index is 0.308. The molecule has 0 spiro atoms. The van der Waals surface area contributed by atoms with E-state index in [4.69, 9.17) is 18.9 Å². The van der Waals surface area contributed by atoms with Crippen LogP contribution >= 0.6 is 0 Å². The predicted molar refractivity (Wildman–Crippen MR) is 92.4 cm³/mol. The number of ether oxygens (including phenoxy) is 4. The van der Waals surface area contributed by atoms with Crippen molar-refractivity contribution in [3.63, 3.8) is 0 Å². The summed E-state index contributed by atoms with van der Waals surface area (Å²) in [5.41, 5.74) is -1.72. The maximum Gasteiger partial charge on any atom is 0.303 e. The van der Waals surface area contributed by atoms with Gasteiger partial charge in [0, 0.05) is 27.0 Å². The van der Waals surface area contributed by atoms with E-state index in [1.165, 1.54) is 31.3 Å². The lowest BCUT2D eigenvalue weighted by Crippen LogP contribution is -2.62. The summed E-state index contributed by atoms with van der Waals surface area (Å²) in [5.74, 6) is -2.31. The minimum Gasteiger partial charge on any atom is -0.456 e. The lowest BCUT2D eigenvalue weighted by molar-refractivity contribution is -0.230. The second-order valence-electron chi connectivity index (χ2n) is 6.14. The Labute approximate surface area is 162 Å². The topological polar surface area (TPSA) is 135 Å². The summed E-state index contributed by atoms with van der Waals surface area (Å²) in [6, 6.07) is 4.26. The van der Waals surface area contributed by atoms with E-state index in [-0.39, 0.29) is 5.03 Å². The van der Waals surface area contributed by atoms with Crippen molar-refractivity contribution in [2.24, 2.45) is 0 Å². The fraction of sp³-hybridized carbons (Fsp3) is 0.529. The van der Waals surface area contributed by atoms with Crippen molar-refractivity contribution in [1.29, 1.82) is 0 Å². The highest BCUT2D eigenvalue weighted by atomic mass is 32.2. The molecule has 28 heavy (non-hydrogen) atoms. The second kappa shape index (κ2) is 8.65. The lowest BCUT2D eigenvalue weighted by Gasteiger charge is -2.43. The molecule has 154 valence electrons. The van der Waals surface area contributed by atoms with Crippen molar-refractivity contribution in [3.05, 3.63) is 24.4 Å². The molecule has 1 aliphatic heterocycles. The molecule has 1 unspecified atom stereocenters. The lowest BCUT2D eigenvalue weighted by atomic mass is 10.00.